The molecule has 2 aliphatic rings. The minimum Gasteiger partial charge on any atom is -0.376 e. The van der Waals surface area contributed by atoms with E-state index in [1.807, 2.05) is 13.8 Å². The Morgan fingerprint density at radius 3 is 2.81 bits per heavy atom. The molecule has 7 nitrogen and oxygen atoms in total. The minimum atomic E-state index is -0.964. The van der Waals surface area contributed by atoms with E-state index in [1.54, 1.807) is 18.0 Å². The van der Waals surface area contributed by atoms with Gasteiger partial charge in [-0.05, 0) is 32.4 Å². The van der Waals surface area contributed by atoms with Crippen molar-refractivity contribution >= 4 is 0 Å². The van der Waals surface area contributed by atoms with E-state index in [9.17, 15) is 8.78 Å². The highest BCUT2D eigenvalue weighted by atomic mass is 19.2. The minimum absolute atomic E-state index is 0.0281. The van der Waals surface area contributed by atoms with Gasteiger partial charge in [-0.2, -0.15) is 0 Å². The zero-order chi connectivity index (χ0) is 22.3. The van der Waals surface area contributed by atoms with Gasteiger partial charge in [0.2, 0.25) is 0 Å². The maximum atomic E-state index is 14.5. The van der Waals surface area contributed by atoms with Gasteiger partial charge in [-0.1, -0.05) is 11.3 Å². The summed E-state index contributed by atoms with van der Waals surface area (Å²) in [5.41, 5.74) is 0.449. The maximum absolute atomic E-state index is 14.5. The Balaban J connectivity index is 1.74. The van der Waals surface area contributed by atoms with Crippen LogP contribution in [0.3, 0.4) is 0 Å². The summed E-state index contributed by atoms with van der Waals surface area (Å²) < 4.78 is 54.0. The fourth-order valence-corrected chi connectivity index (χ4v) is 4.19. The first-order chi connectivity index (χ1) is 14.8. The largest absolute Gasteiger partial charge is 0.376 e. The molecule has 4 rings (SSSR count). The lowest BCUT2D eigenvalue weighted by Crippen LogP contribution is -2.62. The van der Waals surface area contributed by atoms with Crippen LogP contribution in [-0.2, 0) is 18.9 Å². The van der Waals surface area contributed by atoms with Crippen LogP contribution in [-0.4, -0.2) is 58.9 Å². The van der Waals surface area contributed by atoms with E-state index in [0.717, 1.165) is 0 Å². The summed E-state index contributed by atoms with van der Waals surface area (Å²) >= 11 is 0. The number of benzene rings is 1. The van der Waals surface area contributed by atoms with Gasteiger partial charge in [0.1, 0.15) is 30.0 Å². The lowest BCUT2D eigenvalue weighted by Gasteiger charge is -2.50. The molecular formula is C22H25F2N3O4. The molecule has 0 unspecified atom stereocenters. The molecule has 0 bridgehead atoms. The van der Waals surface area contributed by atoms with Gasteiger partial charge in [0.25, 0.3) is 0 Å². The Kier molecular flexibility index (Phi) is 5.83. The number of methoxy groups -OCH3 is 1. The highest BCUT2D eigenvalue weighted by Crippen LogP contribution is 2.40. The highest BCUT2D eigenvalue weighted by molar-refractivity contribution is 5.59. The van der Waals surface area contributed by atoms with Gasteiger partial charge in [-0.3, -0.25) is 0 Å². The standard InChI is InChI=1S/C22H25F2N3O4/c1-6-7-15-20(28-5)19(21-16(30-15)11-29-22(3,4)31-21)27-10-14(25-26-27)13-9-8-12(2)17(23)18(13)24/h1,8-10,15-16,19-21H,7,11H2,2-5H3/t15-,16-,19-,20+,21+/m1/s1. The van der Waals surface area contributed by atoms with E-state index in [-0.39, 0.29) is 16.8 Å². The van der Waals surface area contributed by atoms with Crippen LogP contribution in [0.15, 0.2) is 18.3 Å². The van der Waals surface area contributed by atoms with Crippen molar-refractivity contribution in [3.63, 3.8) is 0 Å². The molecule has 3 heterocycles. The Hall–Kier alpha value is -2.38. The normalized spacial score (nSPS) is 29.9. The number of aryl methyl sites for hydroxylation is 1. The van der Waals surface area contributed by atoms with Crippen molar-refractivity contribution in [1.29, 1.82) is 0 Å². The summed E-state index contributed by atoms with van der Waals surface area (Å²) in [7, 11) is 1.56. The quantitative estimate of drug-likeness (QED) is 0.691. The Labute approximate surface area is 179 Å². The topological polar surface area (TPSA) is 67.6 Å². The molecule has 0 aliphatic carbocycles. The number of aromatic nitrogens is 3. The summed E-state index contributed by atoms with van der Waals surface area (Å²) in [4.78, 5) is 0. The summed E-state index contributed by atoms with van der Waals surface area (Å²) in [6.45, 7) is 5.44. The van der Waals surface area contributed by atoms with E-state index in [1.165, 1.54) is 19.1 Å². The third-order valence-corrected chi connectivity index (χ3v) is 5.73. The molecule has 9 heteroatoms. The van der Waals surface area contributed by atoms with Crippen molar-refractivity contribution in [1.82, 2.24) is 15.0 Å². The van der Waals surface area contributed by atoms with Gasteiger partial charge in [0, 0.05) is 19.1 Å². The maximum Gasteiger partial charge on any atom is 0.168 e. The molecule has 0 N–H and O–H groups in total. The van der Waals surface area contributed by atoms with Crippen molar-refractivity contribution in [2.24, 2.45) is 0 Å². The van der Waals surface area contributed by atoms with Crippen molar-refractivity contribution in [3.05, 3.63) is 35.5 Å². The second-order valence-electron chi connectivity index (χ2n) is 8.25. The van der Waals surface area contributed by atoms with Gasteiger partial charge >= 0.3 is 0 Å². The summed E-state index contributed by atoms with van der Waals surface area (Å²) in [5, 5.41) is 8.30. The summed E-state index contributed by atoms with van der Waals surface area (Å²) in [6, 6.07) is 2.52. The average Bonchev–Trinajstić information content (AvgIpc) is 3.20. The average molecular weight is 433 g/mol. The summed E-state index contributed by atoms with van der Waals surface area (Å²) in [5.74, 6) is -0.0953. The van der Waals surface area contributed by atoms with Gasteiger partial charge < -0.3 is 18.9 Å². The predicted molar refractivity (Wildman–Crippen MR) is 107 cm³/mol. The molecule has 2 aliphatic heterocycles. The molecule has 31 heavy (non-hydrogen) atoms. The number of ether oxygens (including phenoxy) is 4. The van der Waals surface area contributed by atoms with E-state index in [2.05, 4.69) is 16.2 Å². The number of fused-ring (bicyclic) bond motifs is 1. The van der Waals surface area contributed by atoms with Gasteiger partial charge in [0.05, 0.1) is 18.9 Å². The molecule has 1 aromatic heterocycles. The first-order valence-corrected chi connectivity index (χ1v) is 10.1. The monoisotopic (exact) mass is 433 g/mol. The van der Waals surface area contributed by atoms with Crippen LogP contribution in [0.25, 0.3) is 11.3 Å². The molecule has 2 fully saturated rings. The lowest BCUT2D eigenvalue weighted by molar-refractivity contribution is -0.349. The van der Waals surface area contributed by atoms with Crippen LogP contribution in [0, 0.1) is 30.9 Å². The molecule has 0 saturated carbocycles. The summed E-state index contributed by atoms with van der Waals surface area (Å²) in [6.07, 6.45) is 5.62. The molecule has 1 aromatic carbocycles. The van der Waals surface area contributed by atoms with Gasteiger partial charge in [0.15, 0.2) is 17.4 Å². The number of halogens is 2. The van der Waals surface area contributed by atoms with Crippen LogP contribution >= 0.6 is 0 Å². The molecule has 2 aromatic rings. The Bertz CT molecular complexity index is 1000. The van der Waals surface area contributed by atoms with Crippen LogP contribution in [0.4, 0.5) is 8.78 Å². The number of nitrogens with zero attached hydrogens (tertiary/aromatic N) is 3. The smallest absolute Gasteiger partial charge is 0.168 e. The number of terminal acetylenes is 1. The molecule has 0 spiro atoms. The van der Waals surface area contributed by atoms with Crippen LogP contribution in [0.2, 0.25) is 0 Å². The molecule has 2 saturated heterocycles. The van der Waals surface area contributed by atoms with E-state index < -0.39 is 47.9 Å². The predicted octanol–water partition coefficient (Wildman–Crippen LogP) is 3.03. The van der Waals surface area contributed by atoms with E-state index in [0.29, 0.717) is 13.0 Å². The van der Waals surface area contributed by atoms with Crippen molar-refractivity contribution in [2.45, 2.75) is 63.4 Å². The van der Waals surface area contributed by atoms with E-state index in [4.69, 9.17) is 25.4 Å². The molecule has 5 atom stereocenters. The zero-order valence-electron chi connectivity index (χ0n) is 17.8. The van der Waals surface area contributed by atoms with Gasteiger partial charge in [-0.15, -0.1) is 17.4 Å². The lowest BCUT2D eigenvalue weighted by atomic mass is 9.90. The molecule has 0 amide bonds. The van der Waals surface area contributed by atoms with Crippen LogP contribution in [0.5, 0.6) is 0 Å². The fraction of sp³-hybridized carbons (Fsp3) is 0.545. The van der Waals surface area contributed by atoms with Crippen LogP contribution in [0.1, 0.15) is 31.9 Å². The van der Waals surface area contributed by atoms with E-state index >= 15 is 0 Å². The second-order valence-corrected chi connectivity index (χ2v) is 8.25. The highest BCUT2D eigenvalue weighted by Gasteiger charge is 2.52. The third-order valence-electron chi connectivity index (χ3n) is 5.73. The zero-order valence-corrected chi connectivity index (χ0v) is 17.8. The van der Waals surface area contributed by atoms with Crippen molar-refractivity contribution in [3.8, 4) is 23.6 Å². The number of rotatable bonds is 4. The van der Waals surface area contributed by atoms with Gasteiger partial charge in [-0.25, -0.2) is 13.5 Å². The first kappa shape index (κ1) is 21.8. The SMILES string of the molecule is C#CC[C@H]1O[C@@H]2COC(C)(C)O[C@@H]2[C@H](n2cc(-c3ccc(C)c(F)c3F)nn2)[C@H]1OC. The second kappa shape index (κ2) is 8.28. The molecule has 166 valence electrons. The Morgan fingerprint density at radius 1 is 1.32 bits per heavy atom. The van der Waals surface area contributed by atoms with Crippen LogP contribution < -0.4 is 0 Å². The van der Waals surface area contributed by atoms with Crippen molar-refractivity contribution < 1.29 is 27.7 Å². The number of hydrogen-bond acceptors (Lipinski definition) is 6. The fourth-order valence-electron chi connectivity index (χ4n) is 4.19. The third kappa shape index (κ3) is 3.96. The number of hydrogen-bond donors (Lipinski definition) is 0. The Morgan fingerprint density at radius 2 is 2.10 bits per heavy atom. The molecular weight excluding hydrogens is 408 g/mol. The first-order valence-electron chi connectivity index (χ1n) is 10.1. The molecule has 0 radical (unpaired) electrons. The van der Waals surface area contributed by atoms with Crippen molar-refractivity contribution in [2.75, 3.05) is 13.7 Å².